The lowest BCUT2D eigenvalue weighted by atomic mass is 9.87. The number of hydrogen-bond donors (Lipinski definition) is 0. The van der Waals surface area contributed by atoms with Gasteiger partial charge in [-0.05, 0) is 48.9 Å². The van der Waals surface area contributed by atoms with Crippen LogP contribution in [0.15, 0.2) is 54.7 Å². The van der Waals surface area contributed by atoms with Crippen LogP contribution >= 0.6 is 0 Å². The molecular formula is C22H29N3O2. The highest BCUT2D eigenvalue weighted by atomic mass is 16.7. The van der Waals surface area contributed by atoms with E-state index in [1.165, 1.54) is 17.6 Å². The summed E-state index contributed by atoms with van der Waals surface area (Å²) in [7, 11) is 0. The van der Waals surface area contributed by atoms with Gasteiger partial charge in [0.25, 0.3) is 0 Å². The molecule has 0 saturated carbocycles. The maximum Gasteiger partial charge on any atom is 0.249 e. The number of benzene rings is 1. The quantitative estimate of drug-likeness (QED) is 0.702. The van der Waals surface area contributed by atoms with Gasteiger partial charge in [0.15, 0.2) is 5.82 Å². The molecule has 144 valence electrons. The number of aromatic nitrogens is 1. The van der Waals surface area contributed by atoms with Gasteiger partial charge in [-0.1, -0.05) is 43.3 Å². The Morgan fingerprint density at radius 3 is 2.67 bits per heavy atom. The second-order valence-corrected chi connectivity index (χ2v) is 7.36. The lowest BCUT2D eigenvalue weighted by Gasteiger charge is -2.37. The van der Waals surface area contributed by atoms with E-state index in [1.807, 2.05) is 12.1 Å². The molecule has 2 atom stereocenters. The zero-order valence-electron chi connectivity index (χ0n) is 16.3. The molecule has 0 unspecified atom stereocenters. The first kappa shape index (κ1) is 19.5. The number of nitrogens with zero attached hydrogens (tertiary/aromatic N) is 3. The molecule has 1 saturated heterocycles. The van der Waals surface area contributed by atoms with Crippen LogP contribution in [0, 0.1) is 11.8 Å². The predicted molar refractivity (Wildman–Crippen MR) is 107 cm³/mol. The van der Waals surface area contributed by atoms with Gasteiger partial charge in [0.1, 0.15) is 0 Å². The van der Waals surface area contributed by atoms with E-state index in [0.717, 1.165) is 32.5 Å². The number of piperidine rings is 1. The minimum atomic E-state index is -0.151. The zero-order chi connectivity index (χ0) is 19.1. The molecule has 5 heteroatoms. The lowest BCUT2D eigenvalue weighted by molar-refractivity contribution is -0.125. The van der Waals surface area contributed by atoms with Gasteiger partial charge >= 0.3 is 0 Å². The number of rotatable bonds is 7. The Bertz CT molecular complexity index is 708. The molecule has 0 spiro atoms. The SMILES string of the molecule is CC(=O)N(OC[C@@H]1CCN(CCc2ccccc2)C[C@@H]1C)c1ccccn1. The third-order valence-electron chi connectivity index (χ3n) is 5.29. The summed E-state index contributed by atoms with van der Waals surface area (Å²) in [5.41, 5.74) is 1.39. The van der Waals surface area contributed by atoms with Crippen LogP contribution in [0.25, 0.3) is 0 Å². The number of anilines is 1. The fourth-order valence-electron chi connectivity index (χ4n) is 3.63. The highest BCUT2D eigenvalue weighted by molar-refractivity contribution is 5.88. The molecule has 1 aromatic heterocycles. The number of likely N-dealkylation sites (tertiary alicyclic amines) is 1. The van der Waals surface area contributed by atoms with E-state index in [-0.39, 0.29) is 5.91 Å². The van der Waals surface area contributed by atoms with E-state index in [2.05, 4.69) is 47.1 Å². The van der Waals surface area contributed by atoms with Gasteiger partial charge in [0, 0.05) is 26.2 Å². The highest BCUT2D eigenvalue weighted by Crippen LogP contribution is 2.25. The molecule has 1 aliphatic rings. The number of hydrogen-bond acceptors (Lipinski definition) is 4. The van der Waals surface area contributed by atoms with Crippen molar-refractivity contribution in [1.29, 1.82) is 0 Å². The topological polar surface area (TPSA) is 45.7 Å². The van der Waals surface area contributed by atoms with Gasteiger partial charge in [-0.3, -0.25) is 9.63 Å². The van der Waals surface area contributed by atoms with Crippen LogP contribution in [0.2, 0.25) is 0 Å². The molecule has 27 heavy (non-hydrogen) atoms. The molecule has 0 N–H and O–H groups in total. The summed E-state index contributed by atoms with van der Waals surface area (Å²) in [6, 6.07) is 16.1. The van der Waals surface area contributed by atoms with Crippen LogP contribution in [-0.2, 0) is 16.1 Å². The van der Waals surface area contributed by atoms with Crippen molar-refractivity contribution < 1.29 is 9.63 Å². The molecular weight excluding hydrogens is 338 g/mol. The molecule has 3 rings (SSSR count). The van der Waals surface area contributed by atoms with Crippen molar-refractivity contribution in [2.45, 2.75) is 26.7 Å². The number of hydroxylamine groups is 1. The highest BCUT2D eigenvalue weighted by Gasteiger charge is 2.27. The number of amides is 1. The average molecular weight is 367 g/mol. The molecule has 1 aliphatic heterocycles. The Balaban J connectivity index is 1.47. The first-order valence-electron chi connectivity index (χ1n) is 9.74. The Labute approximate surface area is 161 Å². The van der Waals surface area contributed by atoms with Crippen molar-refractivity contribution in [3.8, 4) is 0 Å². The Kier molecular flexibility index (Phi) is 6.96. The zero-order valence-corrected chi connectivity index (χ0v) is 16.3. The minimum absolute atomic E-state index is 0.151. The lowest BCUT2D eigenvalue weighted by Crippen LogP contribution is -2.43. The van der Waals surface area contributed by atoms with Gasteiger partial charge in [-0.25, -0.2) is 4.98 Å². The van der Waals surface area contributed by atoms with Crippen molar-refractivity contribution in [1.82, 2.24) is 9.88 Å². The van der Waals surface area contributed by atoms with Crippen molar-refractivity contribution in [3.05, 3.63) is 60.3 Å². The van der Waals surface area contributed by atoms with Crippen LogP contribution in [0.1, 0.15) is 25.8 Å². The standard InChI is InChI=1S/C22H29N3O2/c1-18-16-24(14-11-20-8-4-3-5-9-20)15-12-21(18)17-27-25(19(2)26)22-10-6-7-13-23-22/h3-10,13,18,21H,11-12,14-17H2,1-2H3/t18-,21-/m0/s1. The molecule has 0 bridgehead atoms. The summed E-state index contributed by atoms with van der Waals surface area (Å²) < 4.78 is 0. The van der Waals surface area contributed by atoms with Gasteiger partial charge in [-0.15, -0.1) is 0 Å². The van der Waals surface area contributed by atoms with Crippen molar-refractivity contribution >= 4 is 11.7 Å². The fraction of sp³-hybridized carbons (Fsp3) is 0.455. The van der Waals surface area contributed by atoms with Gasteiger partial charge in [0.05, 0.1) is 6.61 Å². The van der Waals surface area contributed by atoms with Crippen LogP contribution in [-0.4, -0.2) is 42.0 Å². The monoisotopic (exact) mass is 367 g/mol. The van der Waals surface area contributed by atoms with Crippen LogP contribution < -0.4 is 5.06 Å². The summed E-state index contributed by atoms with van der Waals surface area (Å²) in [6.07, 6.45) is 3.85. The first-order valence-corrected chi connectivity index (χ1v) is 9.74. The van der Waals surface area contributed by atoms with Crippen LogP contribution in [0.5, 0.6) is 0 Å². The number of carbonyl (C=O) groups excluding carboxylic acids is 1. The smallest absolute Gasteiger partial charge is 0.249 e. The Hall–Kier alpha value is -2.24. The van der Waals surface area contributed by atoms with E-state index in [4.69, 9.17) is 4.84 Å². The second-order valence-electron chi connectivity index (χ2n) is 7.36. The molecule has 0 aliphatic carbocycles. The van der Waals surface area contributed by atoms with E-state index >= 15 is 0 Å². The minimum Gasteiger partial charge on any atom is -0.303 e. The van der Waals surface area contributed by atoms with E-state index in [1.54, 1.807) is 12.3 Å². The Morgan fingerprint density at radius 2 is 2.00 bits per heavy atom. The van der Waals surface area contributed by atoms with E-state index < -0.39 is 0 Å². The maximum atomic E-state index is 11.9. The molecule has 0 radical (unpaired) electrons. The van der Waals surface area contributed by atoms with Crippen LogP contribution in [0.3, 0.4) is 0 Å². The summed E-state index contributed by atoms with van der Waals surface area (Å²) >= 11 is 0. The van der Waals surface area contributed by atoms with Crippen molar-refractivity contribution in [2.75, 3.05) is 31.3 Å². The van der Waals surface area contributed by atoms with Crippen molar-refractivity contribution in [2.24, 2.45) is 11.8 Å². The second kappa shape index (κ2) is 9.62. The molecule has 2 aromatic rings. The fourth-order valence-corrected chi connectivity index (χ4v) is 3.63. The molecule has 1 amide bonds. The summed E-state index contributed by atoms with van der Waals surface area (Å²) in [5, 5.41) is 1.31. The third-order valence-corrected chi connectivity index (χ3v) is 5.29. The largest absolute Gasteiger partial charge is 0.303 e. The normalized spacial score (nSPS) is 20.4. The maximum absolute atomic E-state index is 11.9. The van der Waals surface area contributed by atoms with E-state index in [0.29, 0.717) is 24.3 Å². The van der Waals surface area contributed by atoms with Crippen molar-refractivity contribution in [3.63, 3.8) is 0 Å². The summed E-state index contributed by atoms with van der Waals surface area (Å²) in [4.78, 5) is 24.5. The number of carbonyl (C=O) groups is 1. The molecule has 2 heterocycles. The van der Waals surface area contributed by atoms with Gasteiger partial charge < -0.3 is 4.90 Å². The predicted octanol–water partition coefficient (Wildman–Crippen LogP) is 3.57. The molecule has 1 fully saturated rings. The molecule has 1 aromatic carbocycles. The Morgan fingerprint density at radius 1 is 1.22 bits per heavy atom. The van der Waals surface area contributed by atoms with E-state index in [9.17, 15) is 4.79 Å². The van der Waals surface area contributed by atoms with Gasteiger partial charge in [0.2, 0.25) is 5.91 Å². The first-order chi connectivity index (χ1) is 13.1. The summed E-state index contributed by atoms with van der Waals surface area (Å²) in [6.45, 7) is 7.57. The van der Waals surface area contributed by atoms with Gasteiger partial charge in [-0.2, -0.15) is 5.06 Å². The molecule has 5 nitrogen and oxygen atoms in total. The average Bonchev–Trinajstić information content (AvgIpc) is 2.69. The third kappa shape index (κ3) is 5.62. The van der Waals surface area contributed by atoms with Crippen LogP contribution in [0.4, 0.5) is 5.82 Å². The summed E-state index contributed by atoms with van der Waals surface area (Å²) in [5.74, 6) is 1.37. The number of pyridine rings is 1.